The highest BCUT2D eigenvalue weighted by molar-refractivity contribution is 7.89. The average molecular weight is 436 g/mol. The lowest BCUT2D eigenvalue weighted by Gasteiger charge is -2.18. The molecule has 1 unspecified atom stereocenters. The van der Waals surface area contributed by atoms with Crippen molar-refractivity contribution < 1.29 is 17.7 Å². The zero-order valence-electron chi connectivity index (χ0n) is 16.8. The van der Waals surface area contributed by atoms with Gasteiger partial charge >= 0.3 is 0 Å². The Morgan fingerprint density at radius 3 is 2.77 bits per heavy atom. The average Bonchev–Trinajstić information content (AvgIpc) is 3.43. The van der Waals surface area contributed by atoms with E-state index >= 15 is 0 Å². The van der Waals surface area contributed by atoms with Gasteiger partial charge in [0.05, 0.1) is 17.6 Å². The van der Waals surface area contributed by atoms with Crippen LogP contribution in [0.25, 0.3) is 22.4 Å². The number of nitrogens with zero attached hydrogens (tertiary/aromatic N) is 4. The van der Waals surface area contributed by atoms with Crippen molar-refractivity contribution in [3.05, 3.63) is 66.6 Å². The third-order valence-corrected chi connectivity index (χ3v) is 7.16. The molecule has 0 saturated carbocycles. The number of pyridine rings is 1. The summed E-state index contributed by atoms with van der Waals surface area (Å²) in [5, 5.41) is 4.62. The highest BCUT2D eigenvalue weighted by Gasteiger charge is 2.35. The molecule has 4 aromatic rings. The number of hydrogen-bond acceptors (Lipinski definition) is 7. The molecule has 158 valence electrons. The Bertz CT molecular complexity index is 1350. The summed E-state index contributed by atoms with van der Waals surface area (Å²) < 4.78 is 39.6. The standard InChI is InChI=1S/C22H20N4O4S/c1-15-24-22(30-25-15)18-8-2-3-9-19(18)29-17-11-13-26(14-17)31(27,28)20-10-4-6-16-7-5-12-23-21(16)20/h2-10,12,17H,11,13-14H2,1H3. The summed E-state index contributed by atoms with van der Waals surface area (Å²) in [5.41, 5.74) is 1.16. The van der Waals surface area contributed by atoms with Crippen LogP contribution < -0.4 is 4.74 Å². The third kappa shape index (κ3) is 3.66. The molecule has 1 fully saturated rings. The molecule has 1 atom stereocenters. The van der Waals surface area contributed by atoms with Crippen molar-refractivity contribution in [1.82, 2.24) is 19.4 Å². The summed E-state index contributed by atoms with van der Waals surface area (Å²) in [4.78, 5) is 8.78. The van der Waals surface area contributed by atoms with Gasteiger partial charge in [0, 0.05) is 18.1 Å². The van der Waals surface area contributed by atoms with Crippen LogP contribution in [0.4, 0.5) is 0 Å². The maximum atomic E-state index is 13.3. The molecule has 0 amide bonds. The van der Waals surface area contributed by atoms with E-state index in [0.29, 0.717) is 41.5 Å². The van der Waals surface area contributed by atoms with Gasteiger partial charge in [-0.25, -0.2) is 8.42 Å². The molecule has 0 bridgehead atoms. The van der Waals surface area contributed by atoms with E-state index in [1.165, 1.54) is 4.31 Å². The number of fused-ring (bicyclic) bond motifs is 1. The highest BCUT2D eigenvalue weighted by atomic mass is 32.2. The van der Waals surface area contributed by atoms with Crippen LogP contribution in [-0.2, 0) is 10.0 Å². The second-order valence-corrected chi connectivity index (χ2v) is 9.27. The molecular weight excluding hydrogens is 416 g/mol. The lowest BCUT2D eigenvalue weighted by molar-refractivity contribution is 0.216. The molecule has 1 saturated heterocycles. The van der Waals surface area contributed by atoms with Crippen molar-refractivity contribution in [2.24, 2.45) is 0 Å². The van der Waals surface area contributed by atoms with E-state index in [1.54, 1.807) is 31.3 Å². The number of sulfonamides is 1. The summed E-state index contributed by atoms with van der Waals surface area (Å²) in [7, 11) is -3.70. The van der Waals surface area contributed by atoms with Crippen LogP contribution >= 0.6 is 0 Å². The molecule has 1 aliphatic heterocycles. The molecular formula is C22H20N4O4S. The number of ether oxygens (including phenoxy) is 1. The number of rotatable bonds is 5. The normalized spacial score (nSPS) is 17.3. The first-order valence-corrected chi connectivity index (χ1v) is 11.4. The summed E-state index contributed by atoms with van der Waals surface area (Å²) in [5.74, 6) is 1.49. The van der Waals surface area contributed by atoms with E-state index in [1.807, 2.05) is 36.4 Å². The van der Waals surface area contributed by atoms with Gasteiger partial charge in [0.1, 0.15) is 16.7 Å². The molecule has 1 aliphatic rings. The van der Waals surface area contributed by atoms with Crippen molar-refractivity contribution in [3.63, 3.8) is 0 Å². The van der Waals surface area contributed by atoms with Gasteiger partial charge in [0.25, 0.3) is 5.89 Å². The molecule has 2 aromatic heterocycles. The van der Waals surface area contributed by atoms with E-state index in [2.05, 4.69) is 15.1 Å². The van der Waals surface area contributed by atoms with Gasteiger partial charge in [-0.1, -0.05) is 35.5 Å². The van der Waals surface area contributed by atoms with Crippen molar-refractivity contribution in [2.45, 2.75) is 24.3 Å². The fraction of sp³-hybridized carbons (Fsp3) is 0.227. The predicted molar refractivity (Wildman–Crippen MR) is 114 cm³/mol. The summed E-state index contributed by atoms with van der Waals surface area (Å²) >= 11 is 0. The summed E-state index contributed by atoms with van der Waals surface area (Å²) in [6.07, 6.45) is 1.89. The molecule has 5 rings (SSSR count). The maximum absolute atomic E-state index is 13.3. The molecule has 31 heavy (non-hydrogen) atoms. The SMILES string of the molecule is Cc1noc(-c2ccccc2OC2CCN(S(=O)(=O)c3cccc4cccnc34)C2)n1. The van der Waals surface area contributed by atoms with Crippen LogP contribution in [0.3, 0.4) is 0 Å². The minimum Gasteiger partial charge on any atom is -0.488 e. The quantitative estimate of drug-likeness (QED) is 0.473. The van der Waals surface area contributed by atoms with Crippen LogP contribution in [0.1, 0.15) is 12.2 Å². The number of benzene rings is 2. The van der Waals surface area contributed by atoms with E-state index in [9.17, 15) is 8.42 Å². The van der Waals surface area contributed by atoms with E-state index < -0.39 is 10.0 Å². The molecule has 2 aromatic carbocycles. The lowest BCUT2D eigenvalue weighted by Crippen LogP contribution is -2.31. The number of para-hydroxylation sites is 2. The smallest absolute Gasteiger partial charge is 0.261 e. The van der Waals surface area contributed by atoms with Gasteiger partial charge in [-0.15, -0.1) is 0 Å². The van der Waals surface area contributed by atoms with E-state index in [-0.39, 0.29) is 17.5 Å². The van der Waals surface area contributed by atoms with Crippen LogP contribution in [0.5, 0.6) is 5.75 Å². The van der Waals surface area contributed by atoms with Crippen LogP contribution in [0.15, 0.2) is 70.2 Å². The number of hydrogen-bond donors (Lipinski definition) is 0. The van der Waals surface area contributed by atoms with Crippen LogP contribution in [0.2, 0.25) is 0 Å². The molecule has 0 radical (unpaired) electrons. The zero-order chi connectivity index (χ0) is 21.4. The van der Waals surface area contributed by atoms with E-state index in [0.717, 1.165) is 5.39 Å². The van der Waals surface area contributed by atoms with Gasteiger partial charge < -0.3 is 9.26 Å². The van der Waals surface area contributed by atoms with Crippen molar-refractivity contribution in [1.29, 1.82) is 0 Å². The first-order chi connectivity index (χ1) is 15.0. The highest BCUT2D eigenvalue weighted by Crippen LogP contribution is 2.32. The fourth-order valence-electron chi connectivity index (χ4n) is 3.77. The molecule has 0 aliphatic carbocycles. The van der Waals surface area contributed by atoms with Crippen molar-refractivity contribution >= 4 is 20.9 Å². The molecule has 9 heteroatoms. The Morgan fingerprint density at radius 1 is 1.10 bits per heavy atom. The molecule has 0 N–H and O–H groups in total. The monoisotopic (exact) mass is 436 g/mol. The maximum Gasteiger partial charge on any atom is 0.261 e. The second kappa shape index (κ2) is 7.75. The Hall–Kier alpha value is -3.30. The first kappa shape index (κ1) is 19.7. The number of aromatic nitrogens is 3. The molecule has 3 heterocycles. The number of aryl methyl sites for hydroxylation is 1. The van der Waals surface area contributed by atoms with Crippen molar-refractivity contribution in [3.8, 4) is 17.2 Å². The van der Waals surface area contributed by atoms with Crippen molar-refractivity contribution in [2.75, 3.05) is 13.1 Å². The second-order valence-electron chi connectivity index (χ2n) is 7.37. The predicted octanol–water partition coefficient (Wildman–Crippen LogP) is 3.44. The summed E-state index contributed by atoms with van der Waals surface area (Å²) in [6.45, 7) is 2.37. The summed E-state index contributed by atoms with van der Waals surface area (Å²) in [6, 6.07) is 16.2. The topological polar surface area (TPSA) is 98.4 Å². The van der Waals surface area contributed by atoms with Gasteiger partial charge in [0.2, 0.25) is 10.0 Å². The minimum absolute atomic E-state index is 0.216. The Balaban J connectivity index is 1.39. The van der Waals surface area contributed by atoms with E-state index in [4.69, 9.17) is 9.26 Å². The first-order valence-electron chi connectivity index (χ1n) is 9.92. The van der Waals surface area contributed by atoms with Crippen LogP contribution in [-0.4, -0.2) is 47.0 Å². The van der Waals surface area contributed by atoms with Gasteiger partial charge in [0.15, 0.2) is 5.82 Å². The Labute approximate surface area is 179 Å². The lowest BCUT2D eigenvalue weighted by atomic mass is 10.2. The Kier molecular flexibility index (Phi) is 4.91. The fourth-order valence-corrected chi connectivity index (χ4v) is 5.42. The van der Waals surface area contributed by atoms with Crippen LogP contribution in [0, 0.1) is 6.92 Å². The zero-order valence-corrected chi connectivity index (χ0v) is 17.6. The third-order valence-electron chi connectivity index (χ3n) is 5.26. The van der Waals surface area contributed by atoms with Gasteiger partial charge in [-0.05, 0) is 37.6 Å². The molecule has 8 nitrogen and oxygen atoms in total. The van der Waals surface area contributed by atoms with Gasteiger partial charge in [-0.3, -0.25) is 4.98 Å². The molecule has 0 spiro atoms. The minimum atomic E-state index is -3.70. The van der Waals surface area contributed by atoms with Gasteiger partial charge in [-0.2, -0.15) is 9.29 Å². The largest absolute Gasteiger partial charge is 0.488 e. The Morgan fingerprint density at radius 2 is 1.94 bits per heavy atom.